The van der Waals surface area contributed by atoms with Gasteiger partial charge >= 0.3 is 66.7 Å². The summed E-state index contributed by atoms with van der Waals surface area (Å²) in [5.41, 5.74) is 0. The van der Waals surface area contributed by atoms with Crippen molar-refractivity contribution >= 4 is 37.7 Å². The van der Waals surface area contributed by atoms with Crippen molar-refractivity contribution in [2.24, 2.45) is 0 Å². The summed E-state index contributed by atoms with van der Waals surface area (Å²) in [5.74, 6) is 0. The molecule has 0 aliphatic rings. The molecule has 0 saturated heterocycles. The molecule has 0 bridgehead atoms. The van der Waals surface area contributed by atoms with Gasteiger partial charge in [0.1, 0.15) is 0 Å². The van der Waals surface area contributed by atoms with E-state index in [0.29, 0.717) is 0 Å². The Bertz CT molecular complexity index is 159. The van der Waals surface area contributed by atoms with Crippen molar-refractivity contribution in [2.45, 2.75) is 0 Å². The van der Waals surface area contributed by atoms with E-state index in [1.807, 2.05) is 0 Å². The Morgan fingerprint density at radius 2 is 0.833 bits per heavy atom. The van der Waals surface area contributed by atoms with E-state index in [1.165, 1.54) is 0 Å². The van der Waals surface area contributed by atoms with Crippen LogP contribution in [0.25, 0.3) is 0 Å². The first-order valence-corrected chi connectivity index (χ1v) is 4.73. The van der Waals surface area contributed by atoms with Crippen LogP contribution < -0.4 is 0 Å². The van der Waals surface area contributed by atoms with Crippen molar-refractivity contribution in [1.82, 2.24) is 0 Å². The molecule has 0 spiro atoms. The van der Waals surface area contributed by atoms with Gasteiger partial charge in [0.05, 0.1) is 0 Å². The summed E-state index contributed by atoms with van der Waals surface area (Å²) >= 11 is -6.06. The maximum absolute atomic E-state index is 8.63. The average molecular weight is 296 g/mol. The first-order valence-electron chi connectivity index (χ1n) is 0.577. The summed E-state index contributed by atoms with van der Waals surface area (Å²) < 4.78 is 34.5. The Kier molecular flexibility index (Phi) is 5.32. The summed E-state index contributed by atoms with van der Waals surface area (Å²) in [5, 5.41) is 0. The molecule has 0 N–H and O–H groups in total. The molecule has 0 fully saturated rings. The minimum absolute atomic E-state index is 0. The Morgan fingerprint density at radius 3 is 0.833 bits per heavy atom. The van der Waals surface area contributed by atoms with Gasteiger partial charge in [-0.15, -0.1) is 0 Å². The van der Waals surface area contributed by atoms with E-state index in [1.54, 1.807) is 0 Å². The maximum atomic E-state index is 8.63. The van der Waals surface area contributed by atoms with Crippen LogP contribution in [0.4, 0.5) is 0 Å². The second-order valence-corrected chi connectivity index (χ2v) is 2.89. The van der Waals surface area contributed by atoms with E-state index in [-0.39, 0.29) is 37.7 Å². The van der Waals surface area contributed by atoms with Gasteiger partial charge in [-0.2, -0.15) is 0 Å². The predicted octanol–water partition coefficient (Wildman–Crippen LogP) is -1.39. The van der Waals surface area contributed by atoms with Gasteiger partial charge in [0.15, 0.2) is 0 Å². The van der Waals surface area contributed by atoms with Crippen molar-refractivity contribution in [2.75, 3.05) is 0 Å². The van der Waals surface area contributed by atoms with Crippen molar-refractivity contribution < 1.29 is 29.0 Å². The van der Waals surface area contributed by atoms with Crippen molar-refractivity contribution in [3.8, 4) is 0 Å². The molecular weight excluding hydrogens is 294 g/mol. The molecule has 6 heteroatoms. The van der Waals surface area contributed by atoms with E-state index >= 15 is 0 Å². The molecule has 0 amide bonds. The first kappa shape index (κ1) is 10.2. The van der Waals surface area contributed by atoms with Gasteiger partial charge in [-0.1, -0.05) is 0 Å². The van der Waals surface area contributed by atoms with Gasteiger partial charge in [-0.05, 0) is 0 Å². The summed E-state index contributed by atoms with van der Waals surface area (Å²) in [7, 11) is 0. The number of rotatable bonds is 0. The van der Waals surface area contributed by atoms with Gasteiger partial charge in [-0.3, -0.25) is 0 Å². The molecule has 36 valence electrons. The second kappa shape index (κ2) is 3.14. The molecule has 0 aromatic rings. The quantitative estimate of drug-likeness (QED) is 0.516. The van der Waals surface area contributed by atoms with Crippen LogP contribution in [0.1, 0.15) is 0 Å². The van der Waals surface area contributed by atoms with E-state index < -0.39 is 14.8 Å². The summed E-state index contributed by atoms with van der Waals surface area (Å²) in [6.07, 6.45) is 0. The molecule has 0 aliphatic carbocycles. The third-order valence-corrected chi connectivity index (χ3v) is 0. The molecule has 0 aromatic heterocycles. The molecule has 0 aromatic carbocycles. The zero-order valence-electron chi connectivity index (χ0n) is 1.99. The van der Waals surface area contributed by atoms with Crippen LogP contribution in [0, 0.1) is 0 Å². The van der Waals surface area contributed by atoms with Crippen LogP contribution in [0.2, 0.25) is 0 Å². The molecule has 4 nitrogen and oxygen atoms in total. The zero-order valence-corrected chi connectivity index (χ0v) is 4.53. The molecular formula is H2CaO4Os. The van der Waals surface area contributed by atoms with Gasteiger partial charge in [-0.25, -0.2) is 0 Å². The monoisotopic (exact) mass is 298 g/mol. The Labute approximate surface area is 65.9 Å². The number of hydrogen-bond donors (Lipinski definition) is 0. The topological polar surface area (TPSA) is 68.3 Å². The fourth-order valence-electron chi connectivity index (χ4n) is 0. The van der Waals surface area contributed by atoms with Crippen molar-refractivity contribution in [3.05, 3.63) is 0 Å². The average Bonchev–Trinajstić information content (AvgIpc) is 0.722. The van der Waals surface area contributed by atoms with Crippen molar-refractivity contribution in [3.63, 3.8) is 0 Å². The SMILES string of the molecule is [CaH2].[O]=[Os](=[O])(=[O])=[O]. The molecule has 0 rings (SSSR count). The molecule has 0 heterocycles. The molecule has 0 atom stereocenters. The van der Waals surface area contributed by atoms with Crippen LogP contribution in [0.3, 0.4) is 0 Å². The van der Waals surface area contributed by atoms with Crippen LogP contribution in [-0.2, 0) is 29.0 Å². The fraction of sp³-hybridized carbons (Fsp3) is 0. The molecule has 0 unspecified atom stereocenters. The normalized spacial score (nSPS) is 9.33. The summed E-state index contributed by atoms with van der Waals surface area (Å²) in [4.78, 5) is 0. The fourth-order valence-corrected chi connectivity index (χ4v) is 0. The Balaban J connectivity index is 0. The second-order valence-electron chi connectivity index (χ2n) is 0.354. The molecule has 0 radical (unpaired) electrons. The van der Waals surface area contributed by atoms with E-state index in [0.717, 1.165) is 0 Å². The van der Waals surface area contributed by atoms with E-state index in [9.17, 15) is 0 Å². The van der Waals surface area contributed by atoms with Gasteiger partial charge in [0.25, 0.3) is 0 Å². The minimum atomic E-state index is -6.06. The number of hydrogen-bond acceptors (Lipinski definition) is 4. The summed E-state index contributed by atoms with van der Waals surface area (Å²) in [6.45, 7) is 0. The van der Waals surface area contributed by atoms with Crippen molar-refractivity contribution in [1.29, 1.82) is 0 Å². The van der Waals surface area contributed by atoms with Gasteiger partial charge in [0, 0.05) is 0 Å². The third-order valence-electron chi connectivity index (χ3n) is 0. The molecule has 6 heavy (non-hydrogen) atoms. The van der Waals surface area contributed by atoms with Crippen LogP contribution >= 0.6 is 0 Å². The molecule has 0 saturated carbocycles. The van der Waals surface area contributed by atoms with E-state index in [4.69, 9.17) is 14.2 Å². The summed E-state index contributed by atoms with van der Waals surface area (Å²) in [6, 6.07) is 0. The molecule has 0 aliphatic heterocycles. The first-order chi connectivity index (χ1) is 2.00. The third kappa shape index (κ3) is 71.2. The van der Waals surface area contributed by atoms with E-state index in [2.05, 4.69) is 0 Å². The van der Waals surface area contributed by atoms with Crippen LogP contribution in [0.15, 0.2) is 0 Å². The zero-order chi connectivity index (χ0) is 4.50. The predicted molar refractivity (Wildman–Crippen MR) is 11.3 cm³/mol. The Morgan fingerprint density at radius 1 is 0.833 bits per heavy atom. The van der Waals surface area contributed by atoms with Gasteiger partial charge < -0.3 is 0 Å². The van der Waals surface area contributed by atoms with Crippen LogP contribution in [-0.4, -0.2) is 37.7 Å². The Hall–Kier alpha value is 1.10. The van der Waals surface area contributed by atoms with Gasteiger partial charge in [0.2, 0.25) is 0 Å². The van der Waals surface area contributed by atoms with Crippen LogP contribution in [0.5, 0.6) is 0 Å². The standard InChI is InChI=1S/Ca.4O.Os.2H.